The first-order valence-electron chi connectivity index (χ1n) is 9.19. The lowest BCUT2D eigenvalue weighted by molar-refractivity contribution is -0.142. The zero-order chi connectivity index (χ0) is 15.9. The van der Waals surface area contributed by atoms with Crippen LogP contribution in [0.3, 0.4) is 0 Å². The number of amides is 1. The van der Waals surface area contributed by atoms with Crippen LogP contribution >= 0.6 is 11.3 Å². The molecule has 4 rings (SSSR count). The van der Waals surface area contributed by atoms with E-state index in [2.05, 4.69) is 17.1 Å². The fraction of sp³-hybridized carbons (Fsp3) is 0.778. The van der Waals surface area contributed by atoms with E-state index in [1.165, 1.54) is 34.8 Å². The number of aryl methyl sites for hydroxylation is 2. The SMILES string of the molecule is C[C@H]1N(Cc2nc3c(s2)CCCC3)CCC[C@@]12CCCNC2=O. The summed E-state index contributed by atoms with van der Waals surface area (Å²) in [5.41, 5.74) is 1.19. The highest BCUT2D eigenvalue weighted by Crippen LogP contribution is 2.42. The molecule has 23 heavy (non-hydrogen) atoms. The van der Waals surface area contributed by atoms with Gasteiger partial charge in [-0.05, 0) is 64.8 Å². The minimum Gasteiger partial charge on any atom is -0.356 e. The summed E-state index contributed by atoms with van der Waals surface area (Å²) in [7, 11) is 0. The average Bonchev–Trinajstić information content (AvgIpc) is 2.97. The van der Waals surface area contributed by atoms with Crippen molar-refractivity contribution in [3.05, 3.63) is 15.6 Å². The molecule has 2 saturated heterocycles. The molecule has 1 aliphatic carbocycles. The van der Waals surface area contributed by atoms with E-state index in [-0.39, 0.29) is 5.41 Å². The van der Waals surface area contributed by atoms with E-state index in [1.807, 2.05) is 11.3 Å². The van der Waals surface area contributed by atoms with Crippen LogP contribution < -0.4 is 5.32 Å². The fourth-order valence-electron chi connectivity index (χ4n) is 4.74. The van der Waals surface area contributed by atoms with Crippen LogP contribution in [0.4, 0.5) is 0 Å². The van der Waals surface area contributed by atoms with Gasteiger partial charge in [0, 0.05) is 17.5 Å². The summed E-state index contributed by atoms with van der Waals surface area (Å²) in [6.45, 7) is 5.14. The molecule has 126 valence electrons. The first kappa shape index (κ1) is 15.6. The highest BCUT2D eigenvalue weighted by atomic mass is 32.1. The van der Waals surface area contributed by atoms with Gasteiger partial charge in [0.2, 0.25) is 5.91 Å². The molecule has 0 saturated carbocycles. The van der Waals surface area contributed by atoms with Gasteiger partial charge in [-0.1, -0.05) is 0 Å². The standard InChI is InChI=1S/C18H27N3OS/c1-13-18(8-4-10-19-17(18)22)9-5-11-21(13)12-16-20-14-6-2-3-7-15(14)23-16/h13H,2-12H2,1H3,(H,19,22)/t13-,18+/m1/s1. The van der Waals surface area contributed by atoms with Gasteiger partial charge in [-0.2, -0.15) is 0 Å². The normalized spacial score (nSPS) is 31.9. The summed E-state index contributed by atoms with van der Waals surface area (Å²) in [4.78, 5) is 21.5. The van der Waals surface area contributed by atoms with Crippen molar-refractivity contribution in [1.82, 2.24) is 15.2 Å². The molecule has 3 heterocycles. The second kappa shape index (κ2) is 6.17. The highest BCUT2D eigenvalue weighted by molar-refractivity contribution is 7.11. The van der Waals surface area contributed by atoms with E-state index in [0.717, 1.165) is 51.7 Å². The van der Waals surface area contributed by atoms with Crippen LogP contribution in [-0.4, -0.2) is 34.9 Å². The van der Waals surface area contributed by atoms with Crippen LogP contribution in [0.5, 0.6) is 0 Å². The molecule has 0 aromatic carbocycles. The number of piperidine rings is 2. The second-order valence-corrected chi connectivity index (χ2v) is 8.62. The fourth-order valence-corrected chi connectivity index (χ4v) is 5.93. The molecule has 2 aliphatic heterocycles. The molecule has 2 atom stereocenters. The third-order valence-corrected chi connectivity index (χ3v) is 7.32. The minimum absolute atomic E-state index is 0.159. The molecule has 5 heteroatoms. The van der Waals surface area contributed by atoms with Crippen molar-refractivity contribution in [2.45, 2.75) is 70.9 Å². The van der Waals surface area contributed by atoms with E-state index in [0.29, 0.717) is 11.9 Å². The summed E-state index contributed by atoms with van der Waals surface area (Å²) in [5.74, 6) is 0.291. The summed E-state index contributed by atoms with van der Waals surface area (Å²) in [6.07, 6.45) is 9.33. The predicted molar refractivity (Wildman–Crippen MR) is 92.5 cm³/mol. The Bertz CT molecular complexity index is 572. The van der Waals surface area contributed by atoms with Crippen molar-refractivity contribution in [2.24, 2.45) is 5.41 Å². The van der Waals surface area contributed by atoms with Gasteiger partial charge in [0.05, 0.1) is 17.7 Å². The molecule has 1 amide bonds. The number of rotatable bonds is 2. The van der Waals surface area contributed by atoms with Gasteiger partial charge < -0.3 is 5.32 Å². The molecule has 1 aromatic rings. The number of aromatic nitrogens is 1. The quantitative estimate of drug-likeness (QED) is 0.905. The Morgan fingerprint density at radius 1 is 1.26 bits per heavy atom. The summed E-state index contributed by atoms with van der Waals surface area (Å²) < 4.78 is 0. The Labute approximate surface area is 142 Å². The Balaban J connectivity index is 1.52. The highest BCUT2D eigenvalue weighted by Gasteiger charge is 2.48. The molecular weight excluding hydrogens is 306 g/mol. The third-order valence-electron chi connectivity index (χ3n) is 6.18. The lowest BCUT2D eigenvalue weighted by Gasteiger charge is -2.49. The topological polar surface area (TPSA) is 45.2 Å². The van der Waals surface area contributed by atoms with Crippen molar-refractivity contribution in [3.63, 3.8) is 0 Å². The summed E-state index contributed by atoms with van der Waals surface area (Å²) >= 11 is 1.91. The number of nitrogens with one attached hydrogen (secondary N) is 1. The van der Waals surface area contributed by atoms with E-state index < -0.39 is 0 Å². The number of nitrogens with zero attached hydrogens (tertiary/aromatic N) is 2. The molecule has 0 radical (unpaired) electrons. The van der Waals surface area contributed by atoms with Gasteiger partial charge in [-0.3, -0.25) is 9.69 Å². The number of hydrogen-bond donors (Lipinski definition) is 1. The van der Waals surface area contributed by atoms with Gasteiger partial charge in [0.15, 0.2) is 0 Å². The van der Waals surface area contributed by atoms with Crippen LogP contribution in [0.25, 0.3) is 0 Å². The Morgan fingerprint density at radius 2 is 2.09 bits per heavy atom. The van der Waals surface area contributed by atoms with Crippen LogP contribution in [0, 0.1) is 5.41 Å². The van der Waals surface area contributed by atoms with Crippen LogP contribution in [-0.2, 0) is 24.2 Å². The molecule has 2 fully saturated rings. The molecule has 3 aliphatic rings. The van der Waals surface area contributed by atoms with Crippen molar-refractivity contribution in [3.8, 4) is 0 Å². The average molecular weight is 334 g/mol. The predicted octanol–water partition coefficient (Wildman–Crippen LogP) is 2.90. The van der Waals surface area contributed by atoms with Gasteiger partial charge in [0.1, 0.15) is 5.01 Å². The molecule has 1 aromatic heterocycles. The maximum Gasteiger partial charge on any atom is 0.227 e. The number of likely N-dealkylation sites (tertiary alicyclic amines) is 1. The van der Waals surface area contributed by atoms with Gasteiger partial charge in [0.25, 0.3) is 0 Å². The lowest BCUT2D eigenvalue weighted by Crippen LogP contribution is -2.59. The van der Waals surface area contributed by atoms with Crippen molar-refractivity contribution in [2.75, 3.05) is 13.1 Å². The molecular formula is C18H27N3OS. The van der Waals surface area contributed by atoms with E-state index >= 15 is 0 Å². The third kappa shape index (κ3) is 2.72. The Hall–Kier alpha value is -0.940. The number of carbonyl (C=O) groups excluding carboxylic acids is 1. The molecule has 0 unspecified atom stereocenters. The number of fused-ring (bicyclic) bond motifs is 1. The largest absolute Gasteiger partial charge is 0.356 e. The van der Waals surface area contributed by atoms with Gasteiger partial charge >= 0.3 is 0 Å². The summed E-state index contributed by atoms with van der Waals surface area (Å²) in [6, 6.07) is 0.317. The van der Waals surface area contributed by atoms with Gasteiger partial charge in [-0.25, -0.2) is 4.98 Å². The van der Waals surface area contributed by atoms with Crippen molar-refractivity contribution < 1.29 is 4.79 Å². The van der Waals surface area contributed by atoms with Gasteiger partial charge in [-0.15, -0.1) is 11.3 Å². The zero-order valence-electron chi connectivity index (χ0n) is 14.1. The van der Waals surface area contributed by atoms with Crippen LogP contribution in [0.1, 0.15) is 61.0 Å². The summed E-state index contributed by atoms with van der Waals surface area (Å²) in [5, 5.41) is 4.38. The zero-order valence-corrected chi connectivity index (χ0v) is 14.9. The number of hydrogen-bond acceptors (Lipinski definition) is 4. The maximum atomic E-state index is 12.6. The molecule has 1 N–H and O–H groups in total. The van der Waals surface area contributed by atoms with Crippen LogP contribution in [0.15, 0.2) is 0 Å². The monoisotopic (exact) mass is 333 g/mol. The molecule has 4 nitrogen and oxygen atoms in total. The van der Waals surface area contributed by atoms with E-state index in [9.17, 15) is 4.79 Å². The van der Waals surface area contributed by atoms with E-state index in [1.54, 1.807) is 0 Å². The number of thiazole rings is 1. The Morgan fingerprint density at radius 3 is 2.91 bits per heavy atom. The van der Waals surface area contributed by atoms with Crippen molar-refractivity contribution >= 4 is 17.2 Å². The number of carbonyl (C=O) groups is 1. The molecule has 1 spiro atoms. The van der Waals surface area contributed by atoms with E-state index in [4.69, 9.17) is 4.98 Å². The van der Waals surface area contributed by atoms with Crippen molar-refractivity contribution in [1.29, 1.82) is 0 Å². The first-order valence-corrected chi connectivity index (χ1v) is 10.0. The first-order chi connectivity index (χ1) is 11.2. The molecule has 0 bridgehead atoms. The minimum atomic E-state index is -0.159. The Kier molecular flexibility index (Phi) is 4.18. The lowest BCUT2D eigenvalue weighted by atomic mass is 9.68. The smallest absolute Gasteiger partial charge is 0.227 e. The maximum absolute atomic E-state index is 12.6. The van der Waals surface area contributed by atoms with Crippen LogP contribution in [0.2, 0.25) is 0 Å². The second-order valence-electron chi connectivity index (χ2n) is 7.45.